The maximum absolute atomic E-state index is 12.6. The van der Waals surface area contributed by atoms with Gasteiger partial charge in [-0.15, -0.1) is 0 Å². The van der Waals surface area contributed by atoms with Crippen molar-refractivity contribution in [2.75, 3.05) is 24.1 Å². The Labute approximate surface area is 196 Å². The molecule has 1 saturated heterocycles. The number of rotatable bonds is 5. The van der Waals surface area contributed by atoms with Crippen molar-refractivity contribution in [3.05, 3.63) is 85.1 Å². The van der Waals surface area contributed by atoms with E-state index in [9.17, 15) is 9.59 Å². The van der Waals surface area contributed by atoms with Crippen LogP contribution in [0.4, 0.5) is 11.5 Å². The summed E-state index contributed by atoms with van der Waals surface area (Å²) in [5.41, 5.74) is 9.93. The predicted octanol–water partition coefficient (Wildman–Crippen LogP) is 3.89. The number of nitrogens with one attached hydrogen (secondary N) is 1. The molecule has 0 radical (unpaired) electrons. The predicted molar refractivity (Wildman–Crippen MR) is 132 cm³/mol. The van der Waals surface area contributed by atoms with Crippen molar-refractivity contribution in [1.82, 2.24) is 19.7 Å². The van der Waals surface area contributed by atoms with E-state index >= 15 is 0 Å². The van der Waals surface area contributed by atoms with Crippen LogP contribution >= 0.6 is 0 Å². The molecule has 0 aliphatic carbocycles. The summed E-state index contributed by atoms with van der Waals surface area (Å²) >= 11 is 0. The smallest absolute Gasteiger partial charge is 0.255 e. The quantitative estimate of drug-likeness (QED) is 0.447. The highest BCUT2D eigenvalue weighted by Gasteiger charge is 2.29. The molecule has 1 aliphatic heterocycles. The molecular formula is C26H24N6O2. The van der Waals surface area contributed by atoms with Gasteiger partial charge in [0.1, 0.15) is 11.5 Å². The van der Waals surface area contributed by atoms with Gasteiger partial charge in [0.05, 0.1) is 16.9 Å². The number of nitrogens with zero attached hydrogens (tertiary/aromatic N) is 4. The number of benzene rings is 2. The lowest BCUT2D eigenvalue weighted by atomic mass is 10.1. The van der Waals surface area contributed by atoms with E-state index in [0.29, 0.717) is 30.2 Å². The van der Waals surface area contributed by atoms with E-state index in [1.54, 1.807) is 23.2 Å². The van der Waals surface area contributed by atoms with Crippen molar-refractivity contribution < 1.29 is 9.59 Å². The number of nitrogen functional groups attached to an aromatic ring is 1. The molecule has 1 fully saturated rings. The van der Waals surface area contributed by atoms with E-state index in [4.69, 9.17) is 10.8 Å². The van der Waals surface area contributed by atoms with E-state index in [1.165, 1.54) is 6.08 Å². The van der Waals surface area contributed by atoms with E-state index in [2.05, 4.69) is 16.9 Å². The minimum absolute atomic E-state index is 0.0258. The first-order valence-electron chi connectivity index (χ1n) is 11.1. The fourth-order valence-electron chi connectivity index (χ4n) is 4.37. The summed E-state index contributed by atoms with van der Waals surface area (Å²) in [7, 11) is 0. The average molecular weight is 453 g/mol. The molecule has 2 aromatic heterocycles. The van der Waals surface area contributed by atoms with Crippen molar-refractivity contribution in [2.45, 2.75) is 12.5 Å². The van der Waals surface area contributed by atoms with Crippen molar-refractivity contribution in [3.8, 4) is 11.3 Å². The summed E-state index contributed by atoms with van der Waals surface area (Å²) < 4.78 is 1.94. The van der Waals surface area contributed by atoms with Gasteiger partial charge in [0.25, 0.3) is 5.91 Å². The number of carbonyl (C=O) groups excluding carboxylic acids is 2. The summed E-state index contributed by atoms with van der Waals surface area (Å²) in [6.45, 7) is 4.79. The first-order valence-corrected chi connectivity index (χ1v) is 11.1. The number of nitrogens with two attached hydrogens (primary N) is 1. The highest BCUT2D eigenvalue weighted by molar-refractivity contribution is 6.05. The van der Waals surface area contributed by atoms with Gasteiger partial charge in [-0.25, -0.2) is 4.98 Å². The zero-order chi connectivity index (χ0) is 23.7. The molecule has 1 aliphatic rings. The zero-order valence-corrected chi connectivity index (χ0v) is 18.5. The maximum atomic E-state index is 12.6. The SMILES string of the molecule is C=CC(=O)N1CC[C@H](n2nc(-c3ccc(C(=O)Nc4ccccc4)cc3)c3c(N)nccc32)C1. The van der Waals surface area contributed by atoms with Crippen molar-refractivity contribution >= 4 is 34.2 Å². The monoisotopic (exact) mass is 452 g/mol. The molecule has 8 heteroatoms. The molecule has 2 amide bonds. The molecule has 0 unspecified atom stereocenters. The number of pyridine rings is 1. The molecule has 170 valence electrons. The molecule has 0 bridgehead atoms. The Morgan fingerprint density at radius 2 is 1.85 bits per heavy atom. The number of likely N-dealkylation sites (tertiary alicyclic amines) is 1. The number of aromatic nitrogens is 3. The highest BCUT2D eigenvalue weighted by Crippen LogP contribution is 2.35. The molecule has 34 heavy (non-hydrogen) atoms. The Bertz CT molecular complexity index is 1380. The molecule has 1 atom stereocenters. The third-order valence-electron chi connectivity index (χ3n) is 6.10. The van der Waals surface area contributed by atoms with Gasteiger partial charge in [0.15, 0.2) is 0 Å². The Hall–Kier alpha value is -4.46. The molecule has 3 N–H and O–H groups in total. The average Bonchev–Trinajstić information content (AvgIpc) is 3.50. The van der Waals surface area contributed by atoms with Crippen LogP contribution in [0.3, 0.4) is 0 Å². The summed E-state index contributed by atoms with van der Waals surface area (Å²) in [4.78, 5) is 30.7. The molecule has 5 rings (SSSR count). The molecule has 0 spiro atoms. The van der Waals surface area contributed by atoms with Crippen LogP contribution in [-0.2, 0) is 4.79 Å². The summed E-state index contributed by atoms with van der Waals surface area (Å²) in [5.74, 6) is 0.124. The molecule has 3 heterocycles. The second kappa shape index (κ2) is 8.82. The second-order valence-corrected chi connectivity index (χ2v) is 8.21. The topological polar surface area (TPSA) is 106 Å². The summed E-state index contributed by atoms with van der Waals surface area (Å²) in [6.07, 6.45) is 3.79. The lowest BCUT2D eigenvalue weighted by Crippen LogP contribution is -2.27. The Morgan fingerprint density at radius 1 is 1.09 bits per heavy atom. The van der Waals surface area contributed by atoms with Crippen LogP contribution in [0.2, 0.25) is 0 Å². The number of hydrogen-bond donors (Lipinski definition) is 2. The lowest BCUT2D eigenvalue weighted by molar-refractivity contribution is -0.125. The number of hydrogen-bond acceptors (Lipinski definition) is 5. The van der Waals surface area contributed by atoms with E-state index < -0.39 is 0 Å². The number of amides is 2. The second-order valence-electron chi connectivity index (χ2n) is 8.21. The van der Waals surface area contributed by atoms with Crippen LogP contribution in [0.15, 0.2) is 79.5 Å². The van der Waals surface area contributed by atoms with Crippen LogP contribution in [0, 0.1) is 0 Å². The number of carbonyl (C=O) groups is 2. The molecule has 2 aromatic carbocycles. The highest BCUT2D eigenvalue weighted by atomic mass is 16.2. The fraction of sp³-hybridized carbons (Fsp3) is 0.154. The first-order chi connectivity index (χ1) is 16.5. The number of para-hydroxylation sites is 1. The fourth-order valence-corrected chi connectivity index (χ4v) is 4.37. The van der Waals surface area contributed by atoms with Crippen molar-refractivity contribution in [3.63, 3.8) is 0 Å². The molecular weight excluding hydrogens is 428 g/mol. The van der Waals surface area contributed by atoms with Gasteiger partial charge in [-0.2, -0.15) is 5.10 Å². The summed E-state index contributed by atoms with van der Waals surface area (Å²) in [6, 6.07) is 18.5. The number of fused-ring (bicyclic) bond motifs is 1. The Kier molecular flexibility index (Phi) is 5.55. The van der Waals surface area contributed by atoms with Crippen molar-refractivity contribution in [1.29, 1.82) is 0 Å². The van der Waals surface area contributed by atoms with Gasteiger partial charge >= 0.3 is 0 Å². The van der Waals surface area contributed by atoms with Gasteiger partial charge in [0.2, 0.25) is 5.91 Å². The molecule has 0 saturated carbocycles. The van der Waals surface area contributed by atoms with E-state index in [1.807, 2.05) is 53.2 Å². The molecule has 4 aromatic rings. The largest absolute Gasteiger partial charge is 0.383 e. The van der Waals surface area contributed by atoms with E-state index in [0.717, 1.165) is 28.6 Å². The van der Waals surface area contributed by atoms with Gasteiger partial charge in [-0.05, 0) is 42.8 Å². The van der Waals surface area contributed by atoms with Gasteiger partial charge in [0, 0.05) is 36.1 Å². The Morgan fingerprint density at radius 3 is 2.59 bits per heavy atom. The third kappa shape index (κ3) is 3.90. The normalized spacial score (nSPS) is 15.4. The van der Waals surface area contributed by atoms with Crippen LogP contribution in [0.5, 0.6) is 0 Å². The number of anilines is 2. The maximum Gasteiger partial charge on any atom is 0.255 e. The van der Waals surface area contributed by atoms with Crippen LogP contribution < -0.4 is 11.1 Å². The first kappa shape index (κ1) is 21.4. The van der Waals surface area contributed by atoms with E-state index in [-0.39, 0.29) is 17.9 Å². The van der Waals surface area contributed by atoms with Gasteiger partial charge in [-0.1, -0.05) is 36.9 Å². The Balaban J connectivity index is 1.46. The van der Waals surface area contributed by atoms with Crippen molar-refractivity contribution in [2.24, 2.45) is 0 Å². The van der Waals surface area contributed by atoms with Gasteiger partial charge in [-0.3, -0.25) is 14.3 Å². The lowest BCUT2D eigenvalue weighted by Gasteiger charge is -2.15. The van der Waals surface area contributed by atoms with Crippen LogP contribution in [0.25, 0.3) is 22.2 Å². The molecule has 8 nitrogen and oxygen atoms in total. The zero-order valence-electron chi connectivity index (χ0n) is 18.5. The van der Waals surface area contributed by atoms with Gasteiger partial charge < -0.3 is 16.0 Å². The van der Waals surface area contributed by atoms with Crippen LogP contribution in [-0.4, -0.2) is 44.6 Å². The minimum Gasteiger partial charge on any atom is -0.383 e. The minimum atomic E-state index is -0.188. The van der Waals surface area contributed by atoms with Crippen LogP contribution in [0.1, 0.15) is 22.8 Å². The standard InChI is InChI=1S/C26H24N6O2/c1-2-22(33)31-15-13-20(16-31)32-21-12-14-28-25(27)23(21)24(30-32)17-8-10-18(11-9-17)26(34)29-19-6-4-3-5-7-19/h2-12,14,20H,1,13,15-16H2,(H2,27,28)(H,29,34)/t20-/m0/s1. The summed E-state index contributed by atoms with van der Waals surface area (Å²) in [5, 5.41) is 8.55. The third-order valence-corrected chi connectivity index (χ3v) is 6.10.